The highest BCUT2D eigenvalue weighted by Gasteiger charge is 2.10. The second-order valence-electron chi connectivity index (χ2n) is 5.74. The van der Waals surface area contributed by atoms with Crippen LogP contribution in [0.5, 0.6) is 0 Å². The summed E-state index contributed by atoms with van der Waals surface area (Å²) in [4.78, 5) is 7.15. The Morgan fingerprint density at radius 1 is 1.12 bits per heavy atom. The summed E-state index contributed by atoms with van der Waals surface area (Å²) in [6.45, 7) is 9.22. The van der Waals surface area contributed by atoms with E-state index < -0.39 is 0 Å². The molecule has 0 bridgehead atoms. The van der Waals surface area contributed by atoms with Gasteiger partial charge in [0.1, 0.15) is 0 Å². The van der Waals surface area contributed by atoms with Crippen LogP contribution < -0.4 is 15.5 Å². The van der Waals surface area contributed by atoms with Gasteiger partial charge < -0.3 is 15.5 Å². The topological polar surface area (TPSA) is 39.7 Å². The van der Waals surface area contributed by atoms with Gasteiger partial charge in [-0.1, -0.05) is 25.5 Å². The van der Waals surface area contributed by atoms with E-state index in [0.717, 1.165) is 38.7 Å². The lowest BCUT2D eigenvalue weighted by Gasteiger charge is -2.28. The highest BCUT2D eigenvalue weighted by Crippen LogP contribution is 2.20. The molecule has 0 saturated carbocycles. The molecule has 0 aromatic heterocycles. The molecule has 0 amide bonds. The van der Waals surface area contributed by atoms with E-state index in [1.165, 1.54) is 35.6 Å². The Kier molecular flexibility index (Phi) is 11.3. The van der Waals surface area contributed by atoms with E-state index in [1.54, 1.807) is 0 Å². The Hall–Kier alpha value is -0.630. The normalized spacial score (nSPS) is 14.9. The molecule has 4 nitrogen and oxygen atoms in total. The Bertz CT molecular complexity index is 472. The van der Waals surface area contributed by atoms with Crippen LogP contribution >= 0.6 is 35.7 Å². The second-order valence-corrected chi connectivity index (χ2v) is 6.97. The molecule has 0 spiro atoms. The number of benzene rings is 1. The minimum absolute atomic E-state index is 0. The molecular formula is C18H31IN4S. The van der Waals surface area contributed by atoms with Crippen LogP contribution in [0.1, 0.15) is 32.3 Å². The van der Waals surface area contributed by atoms with Gasteiger partial charge in [0, 0.05) is 43.4 Å². The molecule has 1 aromatic rings. The third-order valence-corrected chi connectivity index (χ3v) is 4.84. The monoisotopic (exact) mass is 462 g/mol. The highest BCUT2D eigenvalue weighted by molar-refractivity contribution is 14.0. The quantitative estimate of drug-likeness (QED) is 0.281. The van der Waals surface area contributed by atoms with E-state index >= 15 is 0 Å². The maximum absolute atomic E-state index is 4.68. The first-order valence-electron chi connectivity index (χ1n) is 8.77. The number of guanidine groups is 1. The van der Waals surface area contributed by atoms with Crippen LogP contribution in [-0.4, -0.2) is 43.6 Å². The number of anilines is 1. The predicted molar refractivity (Wildman–Crippen MR) is 119 cm³/mol. The maximum Gasteiger partial charge on any atom is 0.191 e. The molecule has 6 heteroatoms. The van der Waals surface area contributed by atoms with Crippen LogP contribution in [0.4, 0.5) is 5.69 Å². The molecule has 1 aliphatic heterocycles. The molecule has 24 heavy (non-hydrogen) atoms. The Morgan fingerprint density at radius 2 is 1.83 bits per heavy atom. The maximum atomic E-state index is 4.68. The lowest BCUT2D eigenvalue weighted by molar-refractivity contribution is 0.730. The first kappa shape index (κ1) is 21.4. The van der Waals surface area contributed by atoms with Gasteiger partial charge >= 0.3 is 0 Å². The number of nitrogens with zero attached hydrogens (tertiary/aromatic N) is 2. The van der Waals surface area contributed by atoms with Gasteiger partial charge in [0.15, 0.2) is 5.96 Å². The molecule has 2 N–H and O–H groups in total. The Morgan fingerprint density at radius 3 is 2.46 bits per heavy atom. The van der Waals surface area contributed by atoms with Crippen LogP contribution in [0.2, 0.25) is 0 Å². The third-order valence-electron chi connectivity index (χ3n) is 3.90. The van der Waals surface area contributed by atoms with Crippen molar-refractivity contribution in [1.29, 1.82) is 0 Å². The molecule has 0 unspecified atom stereocenters. The summed E-state index contributed by atoms with van der Waals surface area (Å²) in [5.41, 5.74) is 2.60. The van der Waals surface area contributed by atoms with Gasteiger partial charge in [0.25, 0.3) is 0 Å². The molecule has 2 rings (SSSR count). The van der Waals surface area contributed by atoms with E-state index in [1.807, 2.05) is 11.8 Å². The number of nitrogens with one attached hydrogen (secondary N) is 2. The smallest absolute Gasteiger partial charge is 0.191 e. The fraction of sp³-hybridized carbons (Fsp3) is 0.611. The van der Waals surface area contributed by atoms with Crippen molar-refractivity contribution in [3.8, 4) is 0 Å². The summed E-state index contributed by atoms with van der Waals surface area (Å²) in [5, 5.41) is 6.69. The van der Waals surface area contributed by atoms with Gasteiger partial charge in [-0.25, -0.2) is 4.99 Å². The number of unbranched alkanes of at least 4 members (excludes halogenated alkanes) is 1. The molecule has 1 aliphatic rings. The van der Waals surface area contributed by atoms with E-state index in [9.17, 15) is 0 Å². The first-order chi connectivity index (χ1) is 11.3. The standard InChI is InChI=1S/C18H30N4S.HI/c1-3-5-10-20-18(19-4-2)21-15-16-6-8-17(9-7-16)22-11-13-23-14-12-22;/h6-9H,3-5,10-15H2,1-2H3,(H2,19,20,21);1H. The minimum atomic E-state index is 0. The van der Waals surface area contributed by atoms with Crippen LogP contribution in [-0.2, 0) is 6.54 Å². The number of aliphatic imine (C=N–C) groups is 1. The van der Waals surface area contributed by atoms with Crippen LogP contribution in [0.3, 0.4) is 0 Å². The Labute approximate surface area is 168 Å². The molecule has 1 heterocycles. The Balaban J connectivity index is 0.00000288. The summed E-state index contributed by atoms with van der Waals surface area (Å²) in [6, 6.07) is 8.88. The van der Waals surface area contributed by atoms with Crippen molar-refractivity contribution in [3.63, 3.8) is 0 Å². The molecule has 0 aliphatic carbocycles. The number of rotatable bonds is 7. The van der Waals surface area contributed by atoms with Crippen molar-refractivity contribution in [3.05, 3.63) is 29.8 Å². The molecule has 0 atom stereocenters. The zero-order valence-electron chi connectivity index (χ0n) is 14.9. The molecule has 1 saturated heterocycles. The summed E-state index contributed by atoms with van der Waals surface area (Å²) in [7, 11) is 0. The molecule has 136 valence electrons. The van der Waals surface area contributed by atoms with Crippen LogP contribution in [0.15, 0.2) is 29.3 Å². The zero-order valence-corrected chi connectivity index (χ0v) is 18.0. The number of thioether (sulfide) groups is 1. The van der Waals surface area contributed by atoms with E-state index in [-0.39, 0.29) is 24.0 Å². The van der Waals surface area contributed by atoms with Crippen molar-refractivity contribution in [2.24, 2.45) is 4.99 Å². The first-order valence-corrected chi connectivity index (χ1v) is 9.92. The van der Waals surface area contributed by atoms with Gasteiger partial charge in [0.05, 0.1) is 6.54 Å². The average molecular weight is 462 g/mol. The average Bonchev–Trinajstić information content (AvgIpc) is 2.61. The van der Waals surface area contributed by atoms with Crippen molar-refractivity contribution >= 4 is 47.4 Å². The van der Waals surface area contributed by atoms with Gasteiger partial charge in [-0.2, -0.15) is 11.8 Å². The van der Waals surface area contributed by atoms with E-state index in [4.69, 9.17) is 0 Å². The van der Waals surface area contributed by atoms with Crippen molar-refractivity contribution < 1.29 is 0 Å². The van der Waals surface area contributed by atoms with E-state index in [2.05, 4.69) is 58.6 Å². The van der Waals surface area contributed by atoms with Crippen molar-refractivity contribution in [2.45, 2.75) is 33.2 Å². The molecule has 1 fully saturated rings. The predicted octanol–water partition coefficient (Wildman–Crippen LogP) is 3.71. The highest BCUT2D eigenvalue weighted by atomic mass is 127. The van der Waals surface area contributed by atoms with Gasteiger partial charge in [0.2, 0.25) is 0 Å². The fourth-order valence-electron chi connectivity index (χ4n) is 2.53. The number of hydrogen-bond acceptors (Lipinski definition) is 3. The van der Waals surface area contributed by atoms with Crippen LogP contribution in [0.25, 0.3) is 0 Å². The van der Waals surface area contributed by atoms with Crippen molar-refractivity contribution in [1.82, 2.24) is 10.6 Å². The van der Waals surface area contributed by atoms with Crippen molar-refractivity contribution in [2.75, 3.05) is 42.6 Å². The lowest BCUT2D eigenvalue weighted by Crippen LogP contribution is -2.37. The van der Waals surface area contributed by atoms with Gasteiger partial charge in [-0.05, 0) is 31.0 Å². The summed E-state index contributed by atoms with van der Waals surface area (Å²) in [6.07, 6.45) is 2.37. The summed E-state index contributed by atoms with van der Waals surface area (Å²) < 4.78 is 0. The number of hydrogen-bond donors (Lipinski definition) is 2. The third kappa shape index (κ3) is 7.51. The lowest BCUT2D eigenvalue weighted by atomic mass is 10.2. The van der Waals surface area contributed by atoms with Crippen LogP contribution in [0, 0.1) is 0 Å². The summed E-state index contributed by atoms with van der Waals surface area (Å²) >= 11 is 2.05. The molecule has 0 radical (unpaired) electrons. The van der Waals surface area contributed by atoms with Gasteiger partial charge in [-0.3, -0.25) is 0 Å². The molecular weight excluding hydrogens is 431 g/mol. The van der Waals surface area contributed by atoms with E-state index in [0.29, 0.717) is 0 Å². The summed E-state index contributed by atoms with van der Waals surface area (Å²) in [5.74, 6) is 3.39. The second kappa shape index (κ2) is 12.7. The number of halogens is 1. The molecule has 1 aromatic carbocycles. The zero-order chi connectivity index (χ0) is 16.3. The SMILES string of the molecule is CCCCNC(=NCc1ccc(N2CCSCC2)cc1)NCC.I. The largest absolute Gasteiger partial charge is 0.370 e. The fourth-order valence-corrected chi connectivity index (χ4v) is 3.43. The minimum Gasteiger partial charge on any atom is -0.370 e. The van der Waals surface area contributed by atoms with Gasteiger partial charge in [-0.15, -0.1) is 24.0 Å².